The highest BCUT2D eigenvalue weighted by atomic mass is 16.6. The quantitative estimate of drug-likeness (QED) is 0.586. The van der Waals surface area contributed by atoms with E-state index in [1.807, 2.05) is 0 Å². The van der Waals surface area contributed by atoms with Crippen LogP contribution in [-0.2, 0) is 6.42 Å². The highest BCUT2D eigenvalue weighted by molar-refractivity contribution is 5.38. The molecule has 0 aliphatic rings. The average Bonchev–Trinajstić information content (AvgIpc) is 2.37. The van der Waals surface area contributed by atoms with Crippen LogP contribution in [0.4, 0.5) is 5.69 Å². The molecular formula is C15H25N3O2. The minimum absolute atomic E-state index is 0.161. The van der Waals surface area contributed by atoms with Gasteiger partial charge in [0.1, 0.15) is 0 Å². The molecule has 1 heterocycles. The lowest BCUT2D eigenvalue weighted by Crippen LogP contribution is -2.33. The summed E-state index contributed by atoms with van der Waals surface area (Å²) in [4.78, 5) is 15.0. The molecule has 20 heavy (non-hydrogen) atoms. The summed E-state index contributed by atoms with van der Waals surface area (Å²) < 4.78 is 0. The van der Waals surface area contributed by atoms with Crippen molar-refractivity contribution >= 4 is 5.69 Å². The molecule has 0 aromatic carbocycles. The van der Waals surface area contributed by atoms with Gasteiger partial charge in [-0.2, -0.15) is 0 Å². The molecule has 1 N–H and O–H groups in total. The largest absolute Gasteiger partial charge is 0.314 e. The maximum atomic E-state index is 11.0. The zero-order valence-electron chi connectivity index (χ0n) is 12.8. The van der Waals surface area contributed by atoms with E-state index in [4.69, 9.17) is 0 Å². The Labute approximate surface area is 121 Å². The van der Waals surface area contributed by atoms with Crippen LogP contribution >= 0.6 is 0 Å². The van der Waals surface area contributed by atoms with E-state index in [1.165, 1.54) is 0 Å². The van der Waals surface area contributed by atoms with Gasteiger partial charge in [0.2, 0.25) is 0 Å². The topological polar surface area (TPSA) is 68.1 Å². The number of nitrogens with one attached hydrogen (secondary N) is 1. The maximum Gasteiger partial charge on any atom is 0.275 e. The van der Waals surface area contributed by atoms with Crippen LogP contribution in [0.15, 0.2) is 12.3 Å². The molecule has 0 bridgehead atoms. The van der Waals surface area contributed by atoms with Crippen molar-refractivity contribution in [3.05, 3.63) is 33.6 Å². The van der Waals surface area contributed by atoms with Gasteiger partial charge in [0.05, 0.1) is 4.92 Å². The smallest absolute Gasteiger partial charge is 0.275 e. The van der Waals surface area contributed by atoms with Crippen LogP contribution in [-0.4, -0.2) is 22.5 Å². The number of aryl methyl sites for hydroxylation is 1. The summed E-state index contributed by atoms with van der Waals surface area (Å²) in [5, 5.41) is 14.5. The van der Waals surface area contributed by atoms with Gasteiger partial charge in [-0.1, -0.05) is 20.8 Å². The lowest BCUT2D eigenvalue weighted by molar-refractivity contribution is -0.385. The molecule has 5 heteroatoms. The Morgan fingerprint density at radius 3 is 2.70 bits per heavy atom. The summed E-state index contributed by atoms with van der Waals surface area (Å²) in [6.07, 6.45) is 4.46. The van der Waals surface area contributed by atoms with Gasteiger partial charge in [-0.15, -0.1) is 0 Å². The normalized spacial score (nSPS) is 12.7. The Hall–Kier alpha value is -1.49. The van der Waals surface area contributed by atoms with Crippen LogP contribution in [0.5, 0.6) is 0 Å². The number of hydrogen-bond acceptors (Lipinski definition) is 4. The summed E-state index contributed by atoms with van der Waals surface area (Å²) >= 11 is 0. The first-order chi connectivity index (χ1) is 9.43. The molecule has 0 spiro atoms. The molecule has 1 unspecified atom stereocenters. The third kappa shape index (κ3) is 5.25. The second kappa shape index (κ2) is 7.94. The Bertz CT molecular complexity index is 447. The zero-order chi connectivity index (χ0) is 15.1. The first kappa shape index (κ1) is 16.6. The Morgan fingerprint density at radius 1 is 1.45 bits per heavy atom. The van der Waals surface area contributed by atoms with Crippen LogP contribution in [0.3, 0.4) is 0 Å². The predicted octanol–water partition coefficient (Wildman–Crippen LogP) is 3.26. The van der Waals surface area contributed by atoms with Crippen molar-refractivity contribution in [1.29, 1.82) is 0 Å². The first-order valence-electron chi connectivity index (χ1n) is 7.27. The Kier molecular flexibility index (Phi) is 6.58. The fourth-order valence-electron chi connectivity index (χ4n) is 2.27. The highest BCUT2D eigenvalue weighted by Gasteiger charge is 2.16. The fourth-order valence-corrected chi connectivity index (χ4v) is 2.27. The van der Waals surface area contributed by atoms with Gasteiger partial charge < -0.3 is 5.32 Å². The molecule has 1 aromatic rings. The van der Waals surface area contributed by atoms with Crippen LogP contribution in [0, 0.1) is 23.0 Å². The molecular weight excluding hydrogens is 254 g/mol. The number of nitro groups is 1. The molecule has 0 amide bonds. The number of nitrogens with zero attached hydrogens (tertiary/aromatic N) is 2. The summed E-state index contributed by atoms with van der Waals surface area (Å²) in [6.45, 7) is 9.19. The van der Waals surface area contributed by atoms with Gasteiger partial charge in [-0.05, 0) is 32.2 Å². The zero-order valence-corrected chi connectivity index (χ0v) is 12.8. The number of rotatable bonds is 8. The van der Waals surface area contributed by atoms with E-state index in [1.54, 1.807) is 19.2 Å². The van der Waals surface area contributed by atoms with Gasteiger partial charge in [0, 0.05) is 36.0 Å². The first-order valence-corrected chi connectivity index (χ1v) is 7.27. The van der Waals surface area contributed by atoms with Crippen molar-refractivity contribution < 1.29 is 4.92 Å². The third-order valence-electron chi connectivity index (χ3n) is 3.22. The van der Waals surface area contributed by atoms with Crippen LogP contribution in [0.25, 0.3) is 0 Å². The van der Waals surface area contributed by atoms with Crippen LogP contribution in [0.1, 0.15) is 44.9 Å². The van der Waals surface area contributed by atoms with Crippen molar-refractivity contribution in [2.45, 2.75) is 53.0 Å². The summed E-state index contributed by atoms with van der Waals surface area (Å²) in [6, 6.07) is 1.93. The molecule has 0 aliphatic carbocycles. The Morgan fingerprint density at radius 2 is 2.15 bits per heavy atom. The lowest BCUT2D eigenvalue weighted by atomic mass is 9.99. The van der Waals surface area contributed by atoms with E-state index in [0.717, 1.165) is 31.5 Å². The molecule has 112 valence electrons. The summed E-state index contributed by atoms with van der Waals surface area (Å²) in [7, 11) is 0. The molecule has 0 saturated heterocycles. The van der Waals surface area contributed by atoms with E-state index in [0.29, 0.717) is 17.5 Å². The number of hydrogen-bond donors (Lipinski definition) is 1. The number of pyridine rings is 1. The summed E-state index contributed by atoms with van der Waals surface area (Å²) in [5.41, 5.74) is 1.56. The third-order valence-corrected chi connectivity index (χ3v) is 3.22. The fraction of sp³-hybridized carbons (Fsp3) is 0.667. The predicted molar refractivity (Wildman–Crippen MR) is 80.9 cm³/mol. The second-order valence-corrected chi connectivity index (χ2v) is 5.70. The van der Waals surface area contributed by atoms with E-state index >= 15 is 0 Å². The van der Waals surface area contributed by atoms with Crippen molar-refractivity contribution in [3.63, 3.8) is 0 Å². The standard InChI is InChI=1S/C15H25N3O2/c1-5-6-16-13(7-11(2)3)8-14-9-15(18(19)20)12(4)10-17-14/h9-11,13,16H,5-8H2,1-4H3. The maximum absolute atomic E-state index is 11.0. The molecule has 0 fully saturated rings. The van der Waals surface area contributed by atoms with Gasteiger partial charge >= 0.3 is 0 Å². The van der Waals surface area contributed by atoms with E-state index in [-0.39, 0.29) is 10.6 Å². The summed E-state index contributed by atoms with van der Waals surface area (Å²) in [5.74, 6) is 0.588. The second-order valence-electron chi connectivity index (χ2n) is 5.70. The van der Waals surface area contributed by atoms with E-state index < -0.39 is 0 Å². The van der Waals surface area contributed by atoms with Gasteiger partial charge in [0.15, 0.2) is 0 Å². The van der Waals surface area contributed by atoms with Crippen LogP contribution < -0.4 is 5.32 Å². The highest BCUT2D eigenvalue weighted by Crippen LogP contribution is 2.19. The molecule has 1 aromatic heterocycles. The minimum Gasteiger partial charge on any atom is -0.314 e. The van der Waals surface area contributed by atoms with Crippen molar-refractivity contribution in [2.24, 2.45) is 5.92 Å². The SMILES string of the molecule is CCCNC(Cc1cc([N+](=O)[O-])c(C)cn1)CC(C)C. The van der Waals surface area contributed by atoms with Gasteiger partial charge in [-0.3, -0.25) is 15.1 Å². The van der Waals surface area contributed by atoms with Crippen LogP contribution in [0.2, 0.25) is 0 Å². The van der Waals surface area contributed by atoms with Gasteiger partial charge in [-0.25, -0.2) is 0 Å². The monoisotopic (exact) mass is 279 g/mol. The Balaban J connectivity index is 2.81. The van der Waals surface area contributed by atoms with E-state index in [2.05, 4.69) is 31.1 Å². The molecule has 1 atom stereocenters. The molecule has 0 aliphatic heterocycles. The molecule has 1 rings (SSSR count). The minimum atomic E-state index is -0.336. The average molecular weight is 279 g/mol. The van der Waals surface area contributed by atoms with E-state index in [9.17, 15) is 10.1 Å². The van der Waals surface area contributed by atoms with Crippen molar-refractivity contribution in [1.82, 2.24) is 10.3 Å². The lowest BCUT2D eigenvalue weighted by Gasteiger charge is -2.20. The number of aromatic nitrogens is 1. The molecule has 5 nitrogen and oxygen atoms in total. The molecule has 0 radical (unpaired) electrons. The van der Waals surface area contributed by atoms with Crippen molar-refractivity contribution in [3.8, 4) is 0 Å². The van der Waals surface area contributed by atoms with Gasteiger partial charge in [0.25, 0.3) is 5.69 Å². The molecule has 0 saturated carbocycles. The van der Waals surface area contributed by atoms with Crippen molar-refractivity contribution in [2.75, 3.05) is 6.54 Å².